The molecule has 0 saturated carbocycles. The second-order valence-corrected chi connectivity index (χ2v) is 6.16. The van der Waals surface area contributed by atoms with E-state index in [0.29, 0.717) is 18.7 Å². The molecule has 6 nitrogen and oxygen atoms in total. The smallest absolute Gasteiger partial charge is 0.324 e. The van der Waals surface area contributed by atoms with Gasteiger partial charge in [0.1, 0.15) is 0 Å². The maximum Gasteiger partial charge on any atom is 0.324 e. The number of hydrogen-bond acceptors (Lipinski definition) is 4. The Morgan fingerprint density at radius 2 is 1.75 bits per heavy atom. The minimum atomic E-state index is -2.80. The Morgan fingerprint density at radius 1 is 1.07 bits per heavy atom. The van der Waals surface area contributed by atoms with Crippen molar-refractivity contribution in [1.82, 2.24) is 15.1 Å². The number of nitrogens with zero attached hydrogens (tertiary/aromatic N) is 4. The monoisotopic (exact) mass is 386 g/mol. The van der Waals surface area contributed by atoms with Crippen LogP contribution in [0.4, 0.5) is 19.3 Å². The zero-order valence-electron chi connectivity index (χ0n) is 15.5. The SMILES string of the molecule is CCN(C)C(=O)N(Cc1ccc(-c2nnc(C(F)F)o2)cc1)c1ccccc1. The summed E-state index contributed by atoms with van der Waals surface area (Å²) in [5, 5.41) is 6.97. The fraction of sp³-hybridized carbons (Fsp3) is 0.250. The first-order valence-corrected chi connectivity index (χ1v) is 8.78. The number of hydrogen-bond donors (Lipinski definition) is 0. The normalized spacial score (nSPS) is 10.9. The Bertz CT molecular complexity index is 913. The number of aromatic nitrogens is 2. The van der Waals surface area contributed by atoms with Gasteiger partial charge in [0.05, 0.1) is 6.54 Å². The number of amides is 2. The number of rotatable bonds is 6. The van der Waals surface area contributed by atoms with Crippen LogP contribution in [0, 0.1) is 0 Å². The van der Waals surface area contributed by atoms with Crippen molar-refractivity contribution in [1.29, 1.82) is 0 Å². The van der Waals surface area contributed by atoms with E-state index in [2.05, 4.69) is 10.2 Å². The van der Waals surface area contributed by atoms with E-state index in [1.165, 1.54) is 0 Å². The number of halogens is 2. The summed E-state index contributed by atoms with van der Waals surface area (Å²) in [6.45, 7) is 2.86. The highest BCUT2D eigenvalue weighted by atomic mass is 19.3. The molecular formula is C20H20F2N4O2. The van der Waals surface area contributed by atoms with E-state index in [1.807, 2.05) is 37.3 Å². The van der Waals surface area contributed by atoms with Gasteiger partial charge in [-0.25, -0.2) is 4.79 Å². The quantitative estimate of drug-likeness (QED) is 0.613. The van der Waals surface area contributed by atoms with Gasteiger partial charge in [0.15, 0.2) is 0 Å². The van der Waals surface area contributed by atoms with Gasteiger partial charge in [-0.15, -0.1) is 10.2 Å². The van der Waals surface area contributed by atoms with Crippen LogP contribution in [0.1, 0.15) is 24.8 Å². The molecule has 2 amide bonds. The van der Waals surface area contributed by atoms with Crippen molar-refractivity contribution in [2.75, 3.05) is 18.5 Å². The number of anilines is 1. The Morgan fingerprint density at radius 3 is 2.32 bits per heavy atom. The molecule has 0 spiro atoms. The fourth-order valence-corrected chi connectivity index (χ4v) is 2.59. The van der Waals surface area contributed by atoms with Gasteiger partial charge in [0.2, 0.25) is 5.89 Å². The summed E-state index contributed by atoms with van der Waals surface area (Å²) in [4.78, 5) is 16.1. The third-order valence-corrected chi connectivity index (χ3v) is 4.27. The molecule has 0 unspecified atom stereocenters. The van der Waals surface area contributed by atoms with Gasteiger partial charge in [-0.2, -0.15) is 8.78 Å². The summed E-state index contributed by atoms with van der Waals surface area (Å²) in [6, 6.07) is 16.3. The highest BCUT2D eigenvalue weighted by Crippen LogP contribution is 2.24. The molecule has 0 aliphatic rings. The molecule has 3 aromatic rings. The first kappa shape index (κ1) is 19.5. The fourth-order valence-electron chi connectivity index (χ4n) is 2.59. The number of benzene rings is 2. The molecule has 146 valence electrons. The number of alkyl halides is 2. The lowest BCUT2D eigenvalue weighted by Gasteiger charge is -2.28. The van der Waals surface area contributed by atoms with E-state index in [-0.39, 0.29) is 11.9 Å². The van der Waals surface area contributed by atoms with Crippen LogP contribution in [0.2, 0.25) is 0 Å². The van der Waals surface area contributed by atoms with Crippen molar-refractivity contribution >= 4 is 11.7 Å². The van der Waals surface area contributed by atoms with Gasteiger partial charge in [-0.05, 0) is 36.8 Å². The molecule has 0 fully saturated rings. The Hall–Kier alpha value is -3.29. The second-order valence-electron chi connectivity index (χ2n) is 6.16. The average Bonchev–Trinajstić information content (AvgIpc) is 3.22. The molecular weight excluding hydrogens is 366 g/mol. The summed E-state index contributed by atoms with van der Waals surface area (Å²) < 4.78 is 30.2. The largest absolute Gasteiger partial charge is 0.415 e. The third-order valence-electron chi connectivity index (χ3n) is 4.27. The van der Waals surface area contributed by atoms with Crippen LogP contribution in [0.5, 0.6) is 0 Å². The maximum absolute atomic E-state index is 12.8. The summed E-state index contributed by atoms with van der Waals surface area (Å²) >= 11 is 0. The van der Waals surface area contributed by atoms with E-state index in [1.54, 1.807) is 41.1 Å². The van der Waals surface area contributed by atoms with Crippen LogP contribution in [0.15, 0.2) is 59.0 Å². The zero-order valence-corrected chi connectivity index (χ0v) is 15.5. The number of carbonyl (C=O) groups is 1. The van der Waals surface area contributed by atoms with Gasteiger partial charge >= 0.3 is 12.5 Å². The molecule has 0 N–H and O–H groups in total. The Kier molecular flexibility index (Phi) is 5.98. The summed E-state index contributed by atoms with van der Waals surface area (Å²) in [5.74, 6) is -0.675. The van der Waals surface area contributed by atoms with Crippen molar-refractivity contribution < 1.29 is 18.0 Å². The average molecular weight is 386 g/mol. The van der Waals surface area contributed by atoms with E-state index >= 15 is 0 Å². The molecule has 8 heteroatoms. The van der Waals surface area contributed by atoms with E-state index in [0.717, 1.165) is 11.3 Å². The Labute approximate surface area is 161 Å². The molecule has 1 aromatic heterocycles. The maximum atomic E-state index is 12.8. The van der Waals surface area contributed by atoms with Crippen molar-refractivity contribution in [2.45, 2.75) is 19.9 Å². The lowest BCUT2D eigenvalue weighted by atomic mass is 10.1. The summed E-state index contributed by atoms with van der Waals surface area (Å²) in [5.41, 5.74) is 2.20. The minimum Gasteiger partial charge on any atom is -0.415 e. The number of para-hydroxylation sites is 1. The highest BCUT2D eigenvalue weighted by Gasteiger charge is 2.20. The van der Waals surface area contributed by atoms with Gasteiger partial charge in [0.25, 0.3) is 5.89 Å². The van der Waals surface area contributed by atoms with Crippen molar-refractivity contribution in [3.63, 3.8) is 0 Å². The molecule has 0 atom stereocenters. The van der Waals surface area contributed by atoms with Crippen molar-refractivity contribution in [3.05, 3.63) is 66.1 Å². The predicted molar refractivity (Wildman–Crippen MR) is 101 cm³/mol. The van der Waals surface area contributed by atoms with Crippen LogP contribution in [-0.2, 0) is 6.54 Å². The van der Waals surface area contributed by atoms with E-state index in [4.69, 9.17) is 4.42 Å². The van der Waals surface area contributed by atoms with Crippen LogP contribution >= 0.6 is 0 Å². The number of urea groups is 1. The van der Waals surface area contributed by atoms with Crippen molar-refractivity contribution in [2.24, 2.45) is 0 Å². The molecule has 0 saturated heterocycles. The number of carbonyl (C=O) groups excluding carboxylic acids is 1. The van der Waals surface area contributed by atoms with Crippen LogP contribution in [0.25, 0.3) is 11.5 Å². The molecule has 0 aliphatic heterocycles. The molecule has 2 aromatic carbocycles. The van der Waals surface area contributed by atoms with Gasteiger partial charge in [-0.1, -0.05) is 30.3 Å². The summed E-state index contributed by atoms with van der Waals surface area (Å²) in [7, 11) is 1.75. The van der Waals surface area contributed by atoms with E-state index in [9.17, 15) is 13.6 Å². The Balaban J connectivity index is 1.81. The van der Waals surface area contributed by atoms with Gasteiger partial charge < -0.3 is 9.32 Å². The lowest BCUT2D eigenvalue weighted by molar-refractivity contribution is 0.116. The van der Waals surface area contributed by atoms with Crippen LogP contribution < -0.4 is 4.90 Å². The second kappa shape index (κ2) is 8.60. The topological polar surface area (TPSA) is 62.5 Å². The zero-order chi connectivity index (χ0) is 20.1. The molecule has 0 radical (unpaired) electrons. The van der Waals surface area contributed by atoms with Gasteiger partial charge in [0, 0.05) is 24.8 Å². The minimum absolute atomic E-state index is 0.0311. The standard InChI is InChI=1S/C20H20F2N4O2/c1-3-25(2)20(27)26(16-7-5-4-6-8-16)13-14-9-11-15(12-10-14)18-23-24-19(28-18)17(21)22/h4-12,17H,3,13H2,1-2H3. The van der Waals surface area contributed by atoms with E-state index < -0.39 is 12.3 Å². The summed E-state index contributed by atoms with van der Waals surface area (Å²) in [6.07, 6.45) is -2.80. The first-order valence-electron chi connectivity index (χ1n) is 8.78. The predicted octanol–water partition coefficient (Wildman–Crippen LogP) is 4.75. The molecule has 1 heterocycles. The molecule has 0 aliphatic carbocycles. The van der Waals surface area contributed by atoms with Gasteiger partial charge in [-0.3, -0.25) is 4.90 Å². The third kappa shape index (κ3) is 4.33. The molecule has 0 bridgehead atoms. The highest BCUT2D eigenvalue weighted by molar-refractivity contribution is 5.91. The van der Waals surface area contributed by atoms with Crippen LogP contribution in [-0.4, -0.2) is 34.7 Å². The molecule has 3 rings (SSSR count). The van der Waals surface area contributed by atoms with Crippen LogP contribution in [0.3, 0.4) is 0 Å². The molecule has 28 heavy (non-hydrogen) atoms. The first-order chi connectivity index (χ1) is 13.5. The van der Waals surface area contributed by atoms with Crippen molar-refractivity contribution in [3.8, 4) is 11.5 Å². The lowest BCUT2D eigenvalue weighted by Crippen LogP contribution is -2.40.